The first-order valence-corrected chi connectivity index (χ1v) is 9.82. The van der Waals surface area contributed by atoms with Crippen LogP contribution < -0.4 is 5.32 Å². The van der Waals surface area contributed by atoms with Crippen LogP contribution in [0, 0.1) is 0 Å². The molecule has 9 heteroatoms. The van der Waals surface area contributed by atoms with E-state index in [0.29, 0.717) is 31.9 Å². The number of aromatic nitrogens is 1. The van der Waals surface area contributed by atoms with Crippen molar-refractivity contribution >= 4 is 40.7 Å². The van der Waals surface area contributed by atoms with E-state index in [-0.39, 0.29) is 24.6 Å². The number of nitrogens with zero attached hydrogens (tertiary/aromatic N) is 3. The van der Waals surface area contributed by atoms with Gasteiger partial charge in [-0.2, -0.15) is 0 Å². The highest BCUT2D eigenvalue weighted by atomic mass is 16.5. The number of nitrogens with one attached hydrogen (secondary N) is 1. The van der Waals surface area contributed by atoms with Gasteiger partial charge in [-0.15, -0.1) is 0 Å². The van der Waals surface area contributed by atoms with Crippen molar-refractivity contribution in [3.05, 3.63) is 41.6 Å². The van der Waals surface area contributed by atoms with E-state index in [9.17, 15) is 19.2 Å². The fraction of sp³-hybridized carbons (Fsp3) is 0.333. The van der Waals surface area contributed by atoms with E-state index in [1.807, 2.05) is 28.8 Å². The molecule has 9 nitrogen and oxygen atoms in total. The van der Waals surface area contributed by atoms with Crippen molar-refractivity contribution < 1.29 is 23.9 Å². The van der Waals surface area contributed by atoms with Crippen molar-refractivity contribution in [2.24, 2.45) is 0 Å². The molecule has 1 aromatic heterocycles. The molecule has 0 aliphatic carbocycles. The highest BCUT2D eigenvalue weighted by Gasteiger charge is 2.34. The van der Waals surface area contributed by atoms with Gasteiger partial charge in [0.1, 0.15) is 12.1 Å². The molecule has 1 N–H and O–H groups in total. The monoisotopic (exact) mass is 410 g/mol. The minimum Gasteiger partial charge on any atom is -0.378 e. The normalized spacial score (nSPS) is 19.0. The molecule has 2 saturated heterocycles. The number of likely N-dealkylation sites (N-methyl/N-ethyl adjacent to an activating group) is 1. The van der Waals surface area contributed by atoms with Crippen molar-refractivity contribution in [2.45, 2.75) is 13.5 Å². The molecule has 0 radical (unpaired) electrons. The zero-order valence-corrected chi connectivity index (χ0v) is 16.6. The Morgan fingerprint density at radius 3 is 2.63 bits per heavy atom. The first-order chi connectivity index (χ1) is 14.5. The Bertz CT molecular complexity index is 1060. The Morgan fingerprint density at radius 1 is 1.17 bits per heavy atom. The summed E-state index contributed by atoms with van der Waals surface area (Å²) in [6.45, 7) is 4.14. The van der Waals surface area contributed by atoms with Gasteiger partial charge in [0.2, 0.25) is 5.91 Å². The minimum atomic E-state index is -0.726. The molecular weight excluding hydrogens is 388 g/mol. The topological polar surface area (TPSA) is 101 Å². The molecule has 2 aliphatic heterocycles. The Kier molecular flexibility index (Phi) is 5.37. The van der Waals surface area contributed by atoms with Crippen LogP contribution in [-0.2, 0) is 25.7 Å². The van der Waals surface area contributed by atoms with Gasteiger partial charge < -0.3 is 14.2 Å². The van der Waals surface area contributed by atoms with Crippen LogP contribution >= 0.6 is 0 Å². The molecular formula is C21H22N4O5. The van der Waals surface area contributed by atoms with E-state index in [1.165, 1.54) is 6.08 Å². The van der Waals surface area contributed by atoms with Gasteiger partial charge in [0.25, 0.3) is 11.8 Å². The van der Waals surface area contributed by atoms with Crippen LogP contribution in [0.3, 0.4) is 0 Å². The number of imide groups is 2. The second-order valence-corrected chi connectivity index (χ2v) is 7.09. The van der Waals surface area contributed by atoms with E-state index < -0.39 is 17.8 Å². The van der Waals surface area contributed by atoms with E-state index in [4.69, 9.17) is 4.74 Å². The molecule has 0 saturated carbocycles. The van der Waals surface area contributed by atoms with E-state index in [2.05, 4.69) is 5.32 Å². The standard InChI is InChI=1S/C21H22N4O5/c1-2-25-20(28)16(19(27)22-21(25)29)11-14-12-24(17-6-4-3-5-15(14)17)13-18(26)23-7-9-30-10-8-23/h3-6,11-12H,2,7-10,13H2,1H3,(H,22,27,29)/b16-11-. The number of benzene rings is 1. The number of barbiturate groups is 1. The number of fused-ring (bicyclic) bond motifs is 1. The number of carbonyl (C=O) groups is 4. The lowest BCUT2D eigenvalue weighted by molar-refractivity contribution is -0.136. The third-order valence-electron chi connectivity index (χ3n) is 5.29. The molecule has 4 rings (SSSR count). The maximum atomic E-state index is 12.7. The van der Waals surface area contributed by atoms with Crippen molar-refractivity contribution in [1.82, 2.24) is 19.7 Å². The molecule has 30 heavy (non-hydrogen) atoms. The van der Waals surface area contributed by atoms with E-state index >= 15 is 0 Å². The van der Waals surface area contributed by atoms with Gasteiger partial charge in [-0.3, -0.25) is 24.6 Å². The summed E-state index contributed by atoms with van der Waals surface area (Å²) in [5.74, 6) is -1.38. The Hall–Kier alpha value is -3.46. The summed E-state index contributed by atoms with van der Waals surface area (Å²) in [5.41, 5.74) is 1.33. The quantitative estimate of drug-likeness (QED) is 0.598. The molecule has 0 bridgehead atoms. The predicted molar refractivity (Wildman–Crippen MR) is 108 cm³/mol. The molecule has 2 aromatic rings. The average Bonchev–Trinajstić information content (AvgIpc) is 3.09. The molecule has 0 unspecified atom stereocenters. The number of carbonyl (C=O) groups excluding carboxylic acids is 4. The molecule has 3 heterocycles. The number of hydrogen-bond acceptors (Lipinski definition) is 5. The van der Waals surface area contributed by atoms with Crippen LogP contribution in [0.5, 0.6) is 0 Å². The lowest BCUT2D eigenvalue weighted by Crippen LogP contribution is -2.53. The number of morpholine rings is 1. The first kappa shape index (κ1) is 19.8. The molecule has 1 aromatic carbocycles. The number of urea groups is 1. The fourth-order valence-corrected chi connectivity index (χ4v) is 3.72. The largest absolute Gasteiger partial charge is 0.378 e. The van der Waals surface area contributed by atoms with Crippen LogP contribution in [0.1, 0.15) is 12.5 Å². The third kappa shape index (κ3) is 3.59. The zero-order valence-electron chi connectivity index (χ0n) is 16.6. The summed E-state index contributed by atoms with van der Waals surface area (Å²) < 4.78 is 7.11. The highest BCUT2D eigenvalue weighted by molar-refractivity contribution is 6.31. The van der Waals surface area contributed by atoms with E-state index in [0.717, 1.165) is 15.8 Å². The lowest BCUT2D eigenvalue weighted by atomic mass is 10.1. The van der Waals surface area contributed by atoms with Gasteiger partial charge >= 0.3 is 6.03 Å². The summed E-state index contributed by atoms with van der Waals surface area (Å²) in [5, 5.41) is 3.00. The summed E-state index contributed by atoms with van der Waals surface area (Å²) in [6.07, 6.45) is 3.23. The number of para-hydroxylation sites is 1. The molecule has 0 atom stereocenters. The summed E-state index contributed by atoms with van der Waals surface area (Å²) in [6, 6.07) is 6.75. The molecule has 2 fully saturated rings. The maximum Gasteiger partial charge on any atom is 0.331 e. The summed E-state index contributed by atoms with van der Waals surface area (Å²) in [7, 11) is 0. The Balaban J connectivity index is 1.69. The van der Waals surface area contributed by atoms with E-state index in [1.54, 1.807) is 18.0 Å². The molecule has 156 valence electrons. The smallest absolute Gasteiger partial charge is 0.331 e. The first-order valence-electron chi connectivity index (χ1n) is 9.82. The number of hydrogen-bond donors (Lipinski definition) is 1. The lowest BCUT2D eigenvalue weighted by Gasteiger charge is -2.27. The second-order valence-electron chi connectivity index (χ2n) is 7.09. The molecule has 0 spiro atoms. The van der Waals surface area contributed by atoms with Crippen LogP contribution in [0.15, 0.2) is 36.0 Å². The van der Waals surface area contributed by atoms with Crippen LogP contribution in [0.2, 0.25) is 0 Å². The fourth-order valence-electron chi connectivity index (χ4n) is 3.72. The van der Waals surface area contributed by atoms with Gasteiger partial charge in [-0.05, 0) is 19.1 Å². The molecule has 5 amide bonds. The van der Waals surface area contributed by atoms with Crippen LogP contribution in [-0.4, -0.2) is 71.0 Å². The SMILES string of the molecule is CCN1C(=O)NC(=O)/C(=C/c2cn(CC(=O)N3CCOCC3)c3ccccc23)C1=O. The number of ether oxygens (including phenoxy) is 1. The van der Waals surface area contributed by atoms with Crippen molar-refractivity contribution in [2.75, 3.05) is 32.8 Å². The van der Waals surface area contributed by atoms with Crippen LogP contribution in [0.4, 0.5) is 4.79 Å². The van der Waals surface area contributed by atoms with Gasteiger partial charge in [-0.1, -0.05) is 18.2 Å². The van der Waals surface area contributed by atoms with Gasteiger partial charge in [0.15, 0.2) is 0 Å². The highest BCUT2D eigenvalue weighted by Crippen LogP contribution is 2.25. The summed E-state index contributed by atoms with van der Waals surface area (Å²) >= 11 is 0. The van der Waals surface area contributed by atoms with Crippen LogP contribution in [0.25, 0.3) is 17.0 Å². The third-order valence-corrected chi connectivity index (χ3v) is 5.29. The van der Waals surface area contributed by atoms with Gasteiger partial charge in [0, 0.05) is 42.3 Å². The average molecular weight is 410 g/mol. The summed E-state index contributed by atoms with van der Waals surface area (Å²) in [4.78, 5) is 52.2. The molecule has 2 aliphatic rings. The second kappa shape index (κ2) is 8.11. The minimum absolute atomic E-state index is 0.0208. The number of amides is 5. The Morgan fingerprint density at radius 2 is 1.90 bits per heavy atom. The van der Waals surface area contributed by atoms with Crippen molar-refractivity contribution in [3.8, 4) is 0 Å². The van der Waals surface area contributed by atoms with Crippen molar-refractivity contribution in [1.29, 1.82) is 0 Å². The maximum absolute atomic E-state index is 12.7. The van der Waals surface area contributed by atoms with Gasteiger partial charge in [0.05, 0.1) is 13.2 Å². The predicted octanol–water partition coefficient (Wildman–Crippen LogP) is 0.982. The number of rotatable bonds is 4. The van der Waals surface area contributed by atoms with Crippen molar-refractivity contribution in [3.63, 3.8) is 0 Å². The Labute approximate surface area is 172 Å². The zero-order chi connectivity index (χ0) is 21.3. The van der Waals surface area contributed by atoms with Gasteiger partial charge in [-0.25, -0.2) is 4.79 Å².